The van der Waals surface area contributed by atoms with E-state index in [0.29, 0.717) is 22.7 Å². The molecule has 0 radical (unpaired) electrons. The molecule has 21 heavy (non-hydrogen) atoms. The number of rotatable bonds is 2. The van der Waals surface area contributed by atoms with Crippen molar-refractivity contribution in [1.82, 2.24) is 0 Å². The number of hydrogen-bond acceptors (Lipinski definition) is 4. The molecule has 106 valence electrons. The Balaban J connectivity index is 1.55. The van der Waals surface area contributed by atoms with Crippen molar-refractivity contribution in [2.24, 2.45) is 0 Å². The molecule has 5 nitrogen and oxygen atoms in total. The molecule has 0 unspecified atom stereocenters. The van der Waals surface area contributed by atoms with E-state index in [9.17, 15) is 4.79 Å². The van der Waals surface area contributed by atoms with E-state index in [1.165, 1.54) is 5.56 Å². The van der Waals surface area contributed by atoms with Crippen LogP contribution < -0.4 is 20.1 Å². The minimum absolute atomic E-state index is 0.122. The normalized spacial score (nSPS) is 14.5. The monoisotopic (exact) mass is 282 g/mol. The van der Waals surface area contributed by atoms with Gasteiger partial charge in [-0.05, 0) is 42.3 Å². The lowest BCUT2D eigenvalue weighted by atomic mass is 10.1. The quantitative estimate of drug-likeness (QED) is 0.889. The molecule has 4 rings (SSSR count). The lowest BCUT2D eigenvalue weighted by Gasteiger charge is -2.07. The lowest BCUT2D eigenvalue weighted by Crippen LogP contribution is -2.12. The van der Waals surface area contributed by atoms with Gasteiger partial charge in [0.1, 0.15) is 0 Å². The van der Waals surface area contributed by atoms with Gasteiger partial charge in [-0.15, -0.1) is 0 Å². The van der Waals surface area contributed by atoms with Crippen molar-refractivity contribution >= 4 is 17.3 Å². The van der Waals surface area contributed by atoms with Crippen molar-refractivity contribution in [2.75, 3.05) is 24.0 Å². The molecule has 2 heterocycles. The van der Waals surface area contributed by atoms with Crippen LogP contribution in [0, 0.1) is 0 Å². The van der Waals surface area contributed by atoms with Crippen molar-refractivity contribution < 1.29 is 14.3 Å². The smallest absolute Gasteiger partial charge is 0.255 e. The summed E-state index contributed by atoms with van der Waals surface area (Å²) in [5.41, 5.74) is 3.67. The van der Waals surface area contributed by atoms with Gasteiger partial charge in [-0.25, -0.2) is 0 Å². The average molecular weight is 282 g/mol. The molecule has 2 aromatic rings. The molecule has 0 bridgehead atoms. The van der Waals surface area contributed by atoms with Crippen LogP contribution in [0.2, 0.25) is 0 Å². The minimum Gasteiger partial charge on any atom is -0.454 e. The summed E-state index contributed by atoms with van der Waals surface area (Å²) < 4.78 is 10.6. The molecule has 1 amide bonds. The van der Waals surface area contributed by atoms with Crippen LogP contribution in [0.15, 0.2) is 36.4 Å². The number of nitrogens with one attached hydrogen (secondary N) is 2. The second kappa shape index (κ2) is 4.70. The van der Waals surface area contributed by atoms with Gasteiger partial charge in [0.2, 0.25) is 6.79 Å². The molecule has 0 aliphatic carbocycles. The molecule has 2 aliphatic rings. The number of hydrogen-bond donors (Lipinski definition) is 2. The Morgan fingerprint density at radius 1 is 1.10 bits per heavy atom. The fraction of sp³-hybridized carbons (Fsp3) is 0.188. The molecule has 5 heteroatoms. The van der Waals surface area contributed by atoms with E-state index < -0.39 is 0 Å². The summed E-state index contributed by atoms with van der Waals surface area (Å²) in [6.45, 7) is 1.16. The molecule has 2 N–H and O–H groups in total. The van der Waals surface area contributed by atoms with Crippen molar-refractivity contribution in [3.63, 3.8) is 0 Å². The molecule has 2 aromatic carbocycles. The Kier molecular flexibility index (Phi) is 2.70. The average Bonchev–Trinajstić information content (AvgIpc) is 3.14. The SMILES string of the molecule is O=C(Nc1ccc2c(c1)OCO2)c1ccc2c(c1)CCN2. The number of fused-ring (bicyclic) bond motifs is 2. The van der Waals surface area contributed by atoms with Crippen LogP contribution in [-0.2, 0) is 6.42 Å². The van der Waals surface area contributed by atoms with Crippen LogP contribution in [0.4, 0.5) is 11.4 Å². The van der Waals surface area contributed by atoms with Gasteiger partial charge < -0.3 is 20.1 Å². The third-order valence-corrected chi connectivity index (χ3v) is 3.71. The van der Waals surface area contributed by atoms with Crippen LogP contribution in [-0.4, -0.2) is 19.2 Å². The molecule has 0 saturated heterocycles. The Labute approximate surface area is 121 Å². The zero-order chi connectivity index (χ0) is 14.2. The van der Waals surface area contributed by atoms with E-state index in [0.717, 1.165) is 18.7 Å². The van der Waals surface area contributed by atoms with Crippen molar-refractivity contribution in [3.8, 4) is 11.5 Å². The van der Waals surface area contributed by atoms with Gasteiger partial charge in [-0.2, -0.15) is 0 Å². The Bertz CT molecular complexity index is 727. The summed E-state index contributed by atoms with van der Waals surface area (Å²) in [6.07, 6.45) is 0.959. The fourth-order valence-electron chi connectivity index (χ4n) is 2.62. The number of benzene rings is 2. The van der Waals surface area contributed by atoms with Gasteiger partial charge in [-0.1, -0.05) is 0 Å². The summed E-state index contributed by atoms with van der Waals surface area (Å²) in [4.78, 5) is 12.3. The van der Waals surface area contributed by atoms with E-state index in [4.69, 9.17) is 9.47 Å². The Morgan fingerprint density at radius 2 is 2.00 bits per heavy atom. The van der Waals surface area contributed by atoms with E-state index in [1.54, 1.807) is 18.2 Å². The van der Waals surface area contributed by atoms with Crippen molar-refractivity contribution in [1.29, 1.82) is 0 Å². The number of carbonyl (C=O) groups excluding carboxylic acids is 1. The van der Waals surface area contributed by atoms with Gasteiger partial charge >= 0.3 is 0 Å². The first-order valence-electron chi connectivity index (χ1n) is 6.87. The van der Waals surface area contributed by atoms with Crippen LogP contribution in [0.25, 0.3) is 0 Å². The van der Waals surface area contributed by atoms with Gasteiger partial charge in [-0.3, -0.25) is 4.79 Å². The zero-order valence-corrected chi connectivity index (χ0v) is 11.3. The largest absolute Gasteiger partial charge is 0.454 e. The summed E-state index contributed by atoms with van der Waals surface area (Å²) in [5.74, 6) is 1.24. The van der Waals surface area contributed by atoms with E-state index in [2.05, 4.69) is 10.6 Å². The van der Waals surface area contributed by atoms with Gasteiger partial charge in [0, 0.05) is 29.5 Å². The number of ether oxygens (including phenoxy) is 2. The standard InChI is InChI=1S/C16H14N2O3/c19-16(11-1-3-13-10(7-11)5-6-17-13)18-12-2-4-14-15(8-12)21-9-20-14/h1-4,7-8,17H,5-6,9H2,(H,18,19). The predicted octanol–water partition coefficient (Wildman–Crippen LogP) is 2.64. The number of amides is 1. The molecule has 0 fully saturated rings. The molecule has 0 saturated carbocycles. The second-order valence-electron chi connectivity index (χ2n) is 5.07. The highest BCUT2D eigenvalue weighted by atomic mass is 16.7. The van der Waals surface area contributed by atoms with Crippen LogP contribution >= 0.6 is 0 Å². The third-order valence-electron chi connectivity index (χ3n) is 3.71. The first-order chi connectivity index (χ1) is 10.3. The van der Waals surface area contributed by atoms with E-state index >= 15 is 0 Å². The first kappa shape index (κ1) is 12.1. The highest BCUT2D eigenvalue weighted by Gasteiger charge is 2.16. The molecule has 0 spiro atoms. The summed E-state index contributed by atoms with van der Waals surface area (Å²) in [7, 11) is 0. The van der Waals surface area contributed by atoms with Crippen LogP contribution in [0.3, 0.4) is 0 Å². The highest BCUT2D eigenvalue weighted by molar-refractivity contribution is 6.04. The topological polar surface area (TPSA) is 59.6 Å². The van der Waals surface area contributed by atoms with Crippen molar-refractivity contribution in [2.45, 2.75) is 6.42 Å². The molecular formula is C16H14N2O3. The summed E-state index contributed by atoms with van der Waals surface area (Å²) in [5, 5.41) is 6.17. The molecule has 0 atom stereocenters. The maximum absolute atomic E-state index is 12.3. The lowest BCUT2D eigenvalue weighted by molar-refractivity contribution is 0.102. The molecular weight excluding hydrogens is 268 g/mol. The first-order valence-corrected chi connectivity index (χ1v) is 6.87. The van der Waals surface area contributed by atoms with Crippen molar-refractivity contribution in [3.05, 3.63) is 47.5 Å². The summed E-state index contributed by atoms with van der Waals surface area (Å²) in [6, 6.07) is 11.1. The Morgan fingerprint density at radius 3 is 2.95 bits per heavy atom. The number of anilines is 2. The van der Waals surface area contributed by atoms with E-state index in [-0.39, 0.29) is 12.7 Å². The Hall–Kier alpha value is -2.69. The maximum atomic E-state index is 12.3. The van der Waals surface area contributed by atoms with Gasteiger partial charge in [0.25, 0.3) is 5.91 Å². The molecule has 2 aliphatic heterocycles. The van der Waals surface area contributed by atoms with E-state index in [1.807, 2.05) is 18.2 Å². The zero-order valence-electron chi connectivity index (χ0n) is 11.3. The number of carbonyl (C=O) groups is 1. The highest BCUT2D eigenvalue weighted by Crippen LogP contribution is 2.34. The fourth-order valence-corrected chi connectivity index (χ4v) is 2.62. The maximum Gasteiger partial charge on any atom is 0.255 e. The second-order valence-corrected chi connectivity index (χ2v) is 5.07. The van der Waals surface area contributed by atoms with Crippen LogP contribution in [0.5, 0.6) is 11.5 Å². The molecule has 0 aromatic heterocycles. The summed E-state index contributed by atoms with van der Waals surface area (Å²) >= 11 is 0. The van der Waals surface area contributed by atoms with Crippen LogP contribution in [0.1, 0.15) is 15.9 Å². The van der Waals surface area contributed by atoms with Gasteiger partial charge in [0.15, 0.2) is 11.5 Å². The predicted molar refractivity (Wildman–Crippen MR) is 79.2 cm³/mol. The minimum atomic E-state index is -0.122. The third kappa shape index (κ3) is 2.16. The van der Waals surface area contributed by atoms with Gasteiger partial charge in [0.05, 0.1) is 0 Å².